The number of nitrogens with zero attached hydrogens (tertiary/aromatic N) is 1. The van der Waals surface area contributed by atoms with E-state index in [1.807, 2.05) is 31.2 Å². The van der Waals surface area contributed by atoms with Crippen molar-refractivity contribution in [2.45, 2.75) is 36.1 Å². The molecular weight excluding hydrogens is 473 g/mol. The minimum atomic E-state index is -4.51. The summed E-state index contributed by atoms with van der Waals surface area (Å²) in [4.78, 5) is 4.22. The minimum Gasteiger partial charge on any atom is -0.330 e. The summed E-state index contributed by atoms with van der Waals surface area (Å²) in [6.45, 7) is 2.11. The highest BCUT2D eigenvalue weighted by molar-refractivity contribution is 7.92. The van der Waals surface area contributed by atoms with Crippen molar-refractivity contribution in [2.75, 3.05) is 6.54 Å². The zero-order valence-electron chi connectivity index (χ0n) is 19.1. The van der Waals surface area contributed by atoms with E-state index in [4.69, 9.17) is 5.73 Å². The number of nitrogens with two attached hydrogens (primary N) is 1. The maximum Gasteiger partial charge on any atom is 0.418 e. The lowest BCUT2D eigenvalue weighted by Crippen LogP contribution is -2.24. The van der Waals surface area contributed by atoms with Crippen LogP contribution in [0.3, 0.4) is 0 Å². The molecule has 1 heterocycles. The highest BCUT2D eigenvalue weighted by Gasteiger charge is 2.33. The third-order valence-electron chi connectivity index (χ3n) is 6.13. The SMILES string of the molecule is CCC(CCN)S(=O)(=O)c1cccc(-c2cccc(-c3ccnc4c(C(F)(F)F)cccc34)c2)c1. The normalized spacial score (nSPS) is 13.2. The van der Waals surface area contributed by atoms with E-state index in [1.54, 1.807) is 36.4 Å². The second kappa shape index (κ2) is 9.79. The Morgan fingerprint density at radius 2 is 1.57 bits per heavy atom. The van der Waals surface area contributed by atoms with Gasteiger partial charge in [0.2, 0.25) is 0 Å². The summed E-state index contributed by atoms with van der Waals surface area (Å²) in [5, 5.41) is -0.163. The molecule has 0 aliphatic rings. The topological polar surface area (TPSA) is 73.1 Å². The maximum atomic E-state index is 13.5. The van der Waals surface area contributed by atoms with E-state index in [0.29, 0.717) is 34.9 Å². The van der Waals surface area contributed by atoms with Crippen molar-refractivity contribution in [2.24, 2.45) is 5.73 Å². The van der Waals surface area contributed by atoms with Crippen molar-refractivity contribution in [1.29, 1.82) is 0 Å². The zero-order chi connectivity index (χ0) is 25.2. The number of hydrogen-bond acceptors (Lipinski definition) is 4. The first-order valence-electron chi connectivity index (χ1n) is 11.3. The van der Waals surface area contributed by atoms with Gasteiger partial charge >= 0.3 is 6.18 Å². The molecule has 0 aliphatic carbocycles. The van der Waals surface area contributed by atoms with E-state index in [2.05, 4.69) is 4.98 Å². The summed E-state index contributed by atoms with van der Waals surface area (Å²) >= 11 is 0. The number of halogens is 3. The smallest absolute Gasteiger partial charge is 0.330 e. The summed E-state index contributed by atoms with van der Waals surface area (Å²) in [5.41, 5.74) is 7.49. The lowest BCUT2D eigenvalue weighted by molar-refractivity contribution is -0.136. The molecule has 4 nitrogen and oxygen atoms in total. The molecule has 0 fully saturated rings. The fourth-order valence-corrected chi connectivity index (χ4v) is 6.16. The van der Waals surface area contributed by atoms with Crippen molar-refractivity contribution < 1.29 is 21.6 Å². The standard InChI is InChI=1S/C27H25F3N2O2S/c1-2-21(12-14-31)35(33,34)22-9-4-7-19(17-22)18-6-3-8-20(16-18)23-13-15-32-26-24(23)10-5-11-25(26)27(28,29)30/h3-11,13,15-17,21H,2,12,14,31H2,1H3. The van der Waals surface area contributed by atoms with Crippen LogP contribution in [-0.2, 0) is 16.0 Å². The van der Waals surface area contributed by atoms with Gasteiger partial charge in [-0.05, 0) is 72.0 Å². The number of alkyl halides is 3. The van der Waals surface area contributed by atoms with Gasteiger partial charge in [-0.15, -0.1) is 0 Å². The van der Waals surface area contributed by atoms with E-state index < -0.39 is 26.8 Å². The number of fused-ring (bicyclic) bond motifs is 1. The first-order valence-corrected chi connectivity index (χ1v) is 12.8. The van der Waals surface area contributed by atoms with Gasteiger partial charge in [0, 0.05) is 11.6 Å². The molecule has 4 aromatic rings. The van der Waals surface area contributed by atoms with E-state index in [9.17, 15) is 21.6 Å². The van der Waals surface area contributed by atoms with Crippen LogP contribution in [-0.4, -0.2) is 25.2 Å². The average Bonchev–Trinajstić information content (AvgIpc) is 2.86. The van der Waals surface area contributed by atoms with Crippen molar-refractivity contribution in [3.8, 4) is 22.3 Å². The third kappa shape index (κ3) is 4.94. The molecule has 1 aromatic heterocycles. The van der Waals surface area contributed by atoms with Crippen LogP contribution in [0, 0.1) is 0 Å². The first-order chi connectivity index (χ1) is 16.7. The summed E-state index contributed by atoms with van der Waals surface area (Å²) in [5.74, 6) is 0. The molecule has 1 atom stereocenters. The number of benzene rings is 3. The van der Waals surface area contributed by atoms with Gasteiger partial charge < -0.3 is 5.73 Å². The van der Waals surface area contributed by atoms with Gasteiger partial charge in [-0.3, -0.25) is 4.98 Å². The Morgan fingerprint density at radius 1 is 0.914 bits per heavy atom. The molecule has 3 aromatic carbocycles. The molecule has 35 heavy (non-hydrogen) atoms. The number of hydrogen-bond donors (Lipinski definition) is 1. The third-order valence-corrected chi connectivity index (χ3v) is 8.49. The molecule has 8 heteroatoms. The molecule has 0 saturated heterocycles. The second-order valence-corrected chi connectivity index (χ2v) is 10.5. The molecule has 0 aliphatic heterocycles. The van der Waals surface area contributed by atoms with Crippen LogP contribution < -0.4 is 5.73 Å². The molecule has 4 rings (SSSR count). The van der Waals surface area contributed by atoms with Gasteiger partial charge in [0.1, 0.15) is 0 Å². The molecule has 0 radical (unpaired) electrons. The molecule has 0 bridgehead atoms. The number of aromatic nitrogens is 1. The molecule has 2 N–H and O–H groups in total. The Kier molecular flexibility index (Phi) is 6.96. The van der Waals surface area contributed by atoms with Crippen LogP contribution in [0.2, 0.25) is 0 Å². The summed E-state index contributed by atoms with van der Waals surface area (Å²) in [6.07, 6.45) is -2.30. The van der Waals surface area contributed by atoms with Crippen LogP contribution in [0.15, 0.2) is 83.9 Å². The average molecular weight is 499 g/mol. The lowest BCUT2D eigenvalue weighted by Gasteiger charge is -2.16. The van der Waals surface area contributed by atoms with Crippen LogP contribution in [0.1, 0.15) is 25.3 Å². The Bertz CT molecular complexity index is 1470. The molecule has 182 valence electrons. The Labute approximate surface area is 202 Å². The second-order valence-electron chi connectivity index (χ2n) is 8.32. The van der Waals surface area contributed by atoms with Gasteiger partial charge in [0.25, 0.3) is 0 Å². The summed E-state index contributed by atoms with van der Waals surface area (Å²) in [6, 6.07) is 19.7. The summed E-state index contributed by atoms with van der Waals surface area (Å²) < 4.78 is 66.8. The summed E-state index contributed by atoms with van der Waals surface area (Å²) in [7, 11) is -3.55. The number of sulfone groups is 1. The van der Waals surface area contributed by atoms with Crippen molar-refractivity contribution >= 4 is 20.7 Å². The number of rotatable bonds is 7. The van der Waals surface area contributed by atoms with Gasteiger partial charge in [-0.2, -0.15) is 13.2 Å². The zero-order valence-corrected chi connectivity index (χ0v) is 19.9. The number of para-hydroxylation sites is 1. The van der Waals surface area contributed by atoms with Crippen molar-refractivity contribution in [1.82, 2.24) is 4.98 Å². The van der Waals surface area contributed by atoms with Crippen molar-refractivity contribution in [3.63, 3.8) is 0 Å². The molecule has 0 amide bonds. The monoisotopic (exact) mass is 498 g/mol. The van der Waals surface area contributed by atoms with E-state index >= 15 is 0 Å². The molecular formula is C27H25F3N2O2S. The maximum absolute atomic E-state index is 13.5. The largest absolute Gasteiger partial charge is 0.418 e. The predicted octanol–water partition coefficient (Wildman–Crippen LogP) is 6.49. The molecule has 0 saturated carbocycles. The minimum absolute atomic E-state index is 0.110. The Hall–Kier alpha value is -3.23. The highest BCUT2D eigenvalue weighted by Crippen LogP contribution is 2.37. The van der Waals surface area contributed by atoms with Gasteiger partial charge in [0.15, 0.2) is 9.84 Å². The van der Waals surface area contributed by atoms with E-state index in [0.717, 1.165) is 11.6 Å². The van der Waals surface area contributed by atoms with Crippen LogP contribution >= 0.6 is 0 Å². The highest BCUT2D eigenvalue weighted by atomic mass is 32.2. The van der Waals surface area contributed by atoms with Crippen LogP contribution in [0.25, 0.3) is 33.2 Å². The lowest BCUT2D eigenvalue weighted by atomic mass is 9.96. The number of pyridine rings is 1. The first kappa shape index (κ1) is 24.9. The van der Waals surface area contributed by atoms with Gasteiger partial charge in [0.05, 0.1) is 21.2 Å². The Balaban J connectivity index is 1.79. The van der Waals surface area contributed by atoms with Gasteiger partial charge in [-0.1, -0.05) is 49.4 Å². The fourth-order valence-electron chi connectivity index (χ4n) is 4.33. The fraction of sp³-hybridized carbons (Fsp3) is 0.222. The van der Waals surface area contributed by atoms with Crippen LogP contribution in [0.5, 0.6) is 0 Å². The van der Waals surface area contributed by atoms with Gasteiger partial charge in [-0.25, -0.2) is 8.42 Å². The Morgan fingerprint density at radius 3 is 2.26 bits per heavy atom. The van der Waals surface area contributed by atoms with Crippen molar-refractivity contribution in [3.05, 3.63) is 84.6 Å². The molecule has 0 spiro atoms. The molecule has 1 unspecified atom stereocenters. The predicted molar refractivity (Wildman–Crippen MR) is 133 cm³/mol. The van der Waals surface area contributed by atoms with Crippen LogP contribution in [0.4, 0.5) is 13.2 Å². The quantitative estimate of drug-likeness (QED) is 0.316. The van der Waals surface area contributed by atoms with E-state index in [-0.39, 0.29) is 17.0 Å². The van der Waals surface area contributed by atoms with E-state index in [1.165, 1.54) is 12.3 Å².